The molecule has 3 rings (SSSR count). The maximum atomic E-state index is 12.9. The Morgan fingerprint density at radius 1 is 1.28 bits per heavy atom. The van der Waals surface area contributed by atoms with Crippen molar-refractivity contribution in [1.29, 1.82) is 0 Å². The van der Waals surface area contributed by atoms with E-state index < -0.39 is 23.9 Å². The predicted molar refractivity (Wildman–Crippen MR) is 85.7 cm³/mol. The van der Waals surface area contributed by atoms with Gasteiger partial charge in [0.2, 0.25) is 5.91 Å². The second-order valence-corrected chi connectivity index (χ2v) is 6.31. The lowest BCUT2D eigenvalue weighted by Gasteiger charge is -2.29. The number of nitrogens with one attached hydrogen (secondary N) is 1. The highest BCUT2D eigenvalue weighted by Gasteiger charge is 2.43. The Bertz CT molecular complexity index is 714. The normalized spacial score (nSPS) is 21.1. The third-order valence-electron chi connectivity index (χ3n) is 4.45. The summed E-state index contributed by atoms with van der Waals surface area (Å²) in [5.41, 5.74) is 0.823. The summed E-state index contributed by atoms with van der Waals surface area (Å²) in [4.78, 5) is 16.5. The number of hydrogen-bond acceptors (Lipinski definition) is 3. The molecule has 0 radical (unpaired) electrons. The minimum absolute atomic E-state index is 0.103. The number of alkyl halides is 3. The molecule has 2 heterocycles. The van der Waals surface area contributed by atoms with Crippen LogP contribution in [-0.4, -0.2) is 26.8 Å². The van der Waals surface area contributed by atoms with Gasteiger partial charge >= 0.3 is 6.18 Å². The zero-order valence-electron chi connectivity index (χ0n) is 13.5. The molecule has 0 unspecified atom stereocenters. The molecule has 2 atom stereocenters. The number of pyridine rings is 1. The van der Waals surface area contributed by atoms with E-state index in [1.165, 1.54) is 0 Å². The number of hydrogen-bond donors (Lipinski definition) is 1. The Balaban J connectivity index is 1.58. The van der Waals surface area contributed by atoms with E-state index in [9.17, 15) is 18.0 Å². The van der Waals surface area contributed by atoms with Crippen LogP contribution in [0.4, 0.5) is 19.0 Å². The van der Waals surface area contributed by atoms with E-state index >= 15 is 0 Å². The first-order chi connectivity index (χ1) is 11.9. The minimum Gasteiger partial charge on any atom is -0.309 e. The molecule has 2 aromatic heterocycles. The Morgan fingerprint density at radius 3 is 2.84 bits per heavy atom. The molecule has 25 heavy (non-hydrogen) atoms. The Morgan fingerprint density at radius 2 is 2.12 bits per heavy atom. The molecule has 0 bridgehead atoms. The van der Waals surface area contributed by atoms with Crippen molar-refractivity contribution in [2.75, 3.05) is 5.32 Å². The third kappa shape index (κ3) is 4.58. The number of rotatable bonds is 4. The van der Waals surface area contributed by atoms with Gasteiger partial charge < -0.3 is 5.32 Å². The third-order valence-corrected chi connectivity index (χ3v) is 4.45. The van der Waals surface area contributed by atoms with Gasteiger partial charge in [0.05, 0.1) is 18.2 Å². The van der Waals surface area contributed by atoms with Crippen molar-refractivity contribution >= 4 is 11.7 Å². The molecule has 1 N–H and O–H groups in total. The van der Waals surface area contributed by atoms with Gasteiger partial charge in [-0.25, -0.2) is 0 Å². The summed E-state index contributed by atoms with van der Waals surface area (Å²) in [6, 6.07) is 7.18. The highest BCUT2D eigenvalue weighted by Crippen LogP contribution is 2.40. The van der Waals surface area contributed by atoms with Crippen molar-refractivity contribution in [3.63, 3.8) is 0 Å². The second-order valence-electron chi connectivity index (χ2n) is 6.31. The van der Waals surface area contributed by atoms with E-state index in [1.54, 1.807) is 23.1 Å². The minimum atomic E-state index is -4.23. The van der Waals surface area contributed by atoms with Gasteiger partial charge in [0.25, 0.3) is 0 Å². The van der Waals surface area contributed by atoms with E-state index in [0.29, 0.717) is 25.2 Å². The van der Waals surface area contributed by atoms with Crippen LogP contribution in [0.1, 0.15) is 31.4 Å². The van der Waals surface area contributed by atoms with Crippen molar-refractivity contribution in [3.05, 3.63) is 42.4 Å². The average molecular weight is 352 g/mol. The molecule has 1 saturated carbocycles. The maximum Gasteiger partial charge on any atom is 0.391 e. The number of halogens is 3. The summed E-state index contributed by atoms with van der Waals surface area (Å²) >= 11 is 0. The highest BCUT2D eigenvalue weighted by molar-refractivity contribution is 5.91. The Hall–Kier alpha value is -2.38. The standard InChI is InChI=1S/C17H19F3N4O/c18-17(19,20)13-5-3-4-12(10-13)16(25)22-15-7-9-24(23-15)11-14-6-1-2-8-21-14/h1-2,6-9,12-13H,3-5,10-11H2,(H,22,23,25)/t12-,13-/m1/s1. The van der Waals surface area contributed by atoms with E-state index in [2.05, 4.69) is 15.4 Å². The van der Waals surface area contributed by atoms with Crippen LogP contribution in [0.2, 0.25) is 0 Å². The van der Waals surface area contributed by atoms with Crippen molar-refractivity contribution in [2.24, 2.45) is 11.8 Å². The van der Waals surface area contributed by atoms with Crippen LogP contribution in [0.25, 0.3) is 0 Å². The van der Waals surface area contributed by atoms with E-state index in [1.807, 2.05) is 18.2 Å². The van der Waals surface area contributed by atoms with Gasteiger partial charge in [0.1, 0.15) is 0 Å². The largest absolute Gasteiger partial charge is 0.391 e. The maximum absolute atomic E-state index is 12.9. The molecular formula is C17H19F3N4O. The first-order valence-corrected chi connectivity index (χ1v) is 8.23. The lowest BCUT2D eigenvalue weighted by molar-refractivity contribution is -0.185. The molecule has 1 aliphatic rings. The number of carbonyl (C=O) groups is 1. The van der Waals surface area contributed by atoms with Gasteiger partial charge in [0, 0.05) is 24.4 Å². The van der Waals surface area contributed by atoms with Gasteiger partial charge in [-0.2, -0.15) is 18.3 Å². The fourth-order valence-corrected chi connectivity index (χ4v) is 3.13. The number of carbonyl (C=O) groups excluding carboxylic acids is 1. The van der Waals surface area contributed by atoms with Crippen molar-refractivity contribution < 1.29 is 18.0 Å². The van der Waals surface area contributed by atoms with Gasteiger partial charge in [-0.3, -0.25) is 14.5 Å². The molecule has 0 spiro atoms. The summed E-state index contributed by atoms with van der Waals surface area (Å²) < 4.78 is 40.2. The highest BCUT2D eigenvalue weighted by atomic mass is 19.4. The molecule has 0 aliphatic heterocycles. The van der Waals surface area contributed by atoms with Gasteiger partial charge in [-0.05, 0) is 31.4 Å². The van der Waals surface area contributed by atoms with Crippen LogP contribution in [0.15, 0.2) is 36.7 Å². The smallest absolute Gasteiger partial charge is 0.309 e. The molecule has 1 amide bonds. The molecule has 134 valence electrons. The fourth-order valence-electron chi connectivity index (χ4n) is 3.13. The SMILES string of the molecule is O=C(Nc1ccn(Cc2ccccn2)n1)[C@@H]1CCC[C@@H](C(F)(F)F)C1. The lowest BCUT2D eigenvalue weighted by atomic mass is 9.80. The van der Waals surface area contributed by atoms with Gasteiger partial charge in [-0.1, -0.05) is 12.5 Å². The van der Waals surface area contributed by atoms with Gasteiger partial charge in [0.15, 0.2) is 5.82 Å². The number of nitrogens with zero attached hydrogens (tertiary/aromatic N) is 3. The first-order valence-electron chi connectivity index (χ1n) is 8.23. The van der Waals surface area contributed by atoms with Crippen LogP contribution in [0.3, 0.4) is 0 Å². The zero-order chi connectivity index (χ0) is 17.9. The number of anilines is 1. The summed E-state index contributed by atoms with van der Waals surface area (Å²) in [5.74, 6) is -2.06. The molecule has 0 aromatic carbocycles. The van der Waals surface area contributed by atoms with Crippen LogP contribution < -0.4 is 5.32 Å². The summed E-state index contributed by atoms with van der Waals surface area (Å²) in [6.07, 6.45) is -0.00600. The van der Waals surface area contributed by atoms with E-state index in [0.717, 1.165) is 5.69 Å². The van der Waals surface area contributed by atoms with Gasteiger partial charge in [-0.15, -0.1) is 0 Å². The van der Waals surface area contributed by atoms with Crippen molar-refractivity contribution in [3.8, 4) is 0 Å². The predicted octanol–water partition coefficient (Wildman–Crippen LogP) is 3.63. The second kappa shape index (κ2) is 7.25. The summed E-state index contributed by atoms with van der Waals surface area (Å²) in [6.45, 7) is 0.455. The molecule has 2 aromatic rings. The summed E-state index contributed by atoms with van der Waals surface area (Å²) in [5, 5.41) is 6.86. The van der Waals surface area contributed by atoms with Crippen LogP contribution in [-0.2, 0) is 11.3 Å². The van der Waals surface area contributed by atoms with Crippen molar-refractivity contribution in [1.82, 2.24) is 14.8 Å². The van der Waals surface area contributed by atoms with Crippen LogP contribution in [0, 0.1) is 11.8 Å². The lowest BCUT2D eigenvalue weighted by Crippen LogP contribution is -2.34. The number of amides is 1. The van der Waals surface area contributed by atoms with E-state index in [4.69, 9.17) is 0 Å². The Kier molecular flexibility index (Phi) is 5.06. The van der Waals surface area contributed by atoms with Crippen molar-refractivity contribution in [2.45, 2.75) is 38.4 Å². The quantitative estimate of drug-likeness (QED) is 0.914. The Labute approximate surface area is 143 Å². The first kappa shape index (κ1) is 17.4. The molecule has 0 saturated heterocycles. The monoisotopic (exact) mass is 352 g/mol. The summed E-state index contributed by atoms with van der Waals surface area (Å²) in [7, 11) is 0. The molecule has 1 aliphatic carbocycles. The van der Waals surface area contributed by atoms with Crippen LogP contribution >= 0.6 is 0 Å². The van der Waals surface area contributed by atoms with Crippen LogP contribution in [0.5, 0.6) is 0 Å². The average Bonchev–Trinajstić information content (AvgIpc) is 3.02. The zero-order valence-corrected chi connectivity index (χ0v) is 13.5. The fraction of sp³-hybridized carbons (Fsp3) is 0.471. The molecule has 8 heteroatoms. The topological polar surface area (TPSA) is 59.8 Å². The number of aromatic nitrogens is 3. The molecular weight excluding hydrogens is 333 g/mol. The molecule has 1 fully saturated rings. The molecule has 5 nitrogen and oxygen atoms in total. The van der Waals surface area contributed by atoms with E-state index in [-0.39, 0.29) is 12.8 Å².